The standard InChI is InChI=1S/C59H115N2O6P/c1-6-8-10-12-14-16-18-20-22-23-24-25-26-27-28-29-30-31-32-33-34-35-36-37-38-39-41-43-45-47-49-51-53-59(63)60-57(56-67-68(64,65)66-55-54-61(3,4)5)58(62)52-50-48-46-44-42-40-21-19-17-15-13-11-9-7-2/h17,19,42,44,50,52,57-58,62H,6-16,18,20-41,43,45-49,51,53-56H2,1-5H3,(H-,60,63,64,65)/b19-17+,44-42+,52-50+. The number of hydrogen-bond donors (Lipinski definition) is 2. The molecule has 0 saturated heterocycles. The zero-order valence-corrected chi connectivity index (χ0v) is 46.7. The predicted octanol–water partition coefficient (Wildman–Crippen LogP) is 17.1. The number of quaternary nitrogens is 1. The molecule has 0 fully saturated rings. The van der Waals surface area contributed by atoms with Crippen LogP contribution in [-0.2, 0) is 18.4 Å². The lowest BCUT2D eigenvalue weighted by Gasteiger charge is -2.29. The molecule has 0 aromatic carbocycles. The number of phosphoric ester groups is 1. The Kier molecular flexibility index (Phi) is 49.7. The van der Waals surface area contributed by atoms with Crippen molar-refractivity contribution in [2.24, 2.45) is 0 Å². The molecule has 0 aliphatic carbocycles. The summed E-state index contributed by atoms with van der Waals surface area (Å²) in [5.74, 6) is -0.207. The number of aliphatic hydroxyl groups is 1. The number of carbonyl (C=O) groups excluding carboxylic acids is 1. The molecule has 402 valence electrons. The summed E-state index contributed by atoms with van der Waals surface area (Å²) < 4.78 is 23.3. The fourth-order valence-electron chi connectivity index (χ4n) is 8.72. The van der Waals surface area contributed by atoms with Gasteiger partial charge in [-0.25, -0.2) is 0 Å². The molecular formula is C59H115N2O6P. The van der Waals surface area contributed by atoms with Gasteiger partial charge in [0.25, 0.3) is 7.82 Å². The second kappa shape index (κ2) is 50.7. The molecule has 8 nitrogen and oxygen atoms in total. The molecule has 0 spiro atoms. The van der Waals surface area contributed by atoms with E-state index in [9.17, 15) is 19.4 Å². The van der Waals surface area contributed by atoms with Crippen LogP contribution in [0.1, 0.15) is 284 Å². The molecule has 0 heterocycles. The zero-order valence-electron chi connectivity index (χ0n) is 45.8. The lowest BCUT2D eigenvalue weighted by atomic mass is 10.0. The molecule has 0 aliphatic rings. The van der Waals surface area contributed by atoms with Crippen molar-refractivity contribution in [3.05, 3.63) is 36.5 Å². The lowest BCUT2D eigenvalue weighted by Crippen LogP contribution is -2.45. The average Bonchev–Trinajstić information content (AvgIpc) is 3.30. The number of unbranched alkanes of at least 4 members (excludes halogenated alkanes) is 37. The van der Waals surface area contributed by atoms with E-state index in [0.29, 0.717) is 17.4 Å². The molecule has 0 aliphatic heterocycles. The van der Waals surface area contributed by atoms with E-state index >= 15 is 0 Å². The zero-order chi connectivity index (χ0) is 49.9. The summed E-state index contributed by atoms with van der Waals surface area (Å²) in [5, 5.41) is 13.8. The highest BCUT2D eigenvalue weighted by Gasteiger charge is 2.23. The Hall–Kier alpha value is -1.28. The van der Waals surface area contributed by atoms with Crippen molar-refractivity contribution in [2.45, 2.75) is 296 Å². The van der Waals surface area contributed by atoms with Crippen molar-refractivity contribution in [2.75, 3.05) is 40.9 Å². The van der Waals surface area contributed by atoms with Crippen LogP contribution in [0.3, 0.4) is 0 Å². The van der Waals surface area contributed by atoms with Gasteiger partial charge in [-0.2, -0.15) is 0 Å². The molecule has 9 heteroatoms. The van der Waals surface area contributed by atoms with Crippen LogP contribution in [0.25, 0.3) is 0 Å². The first-order chi connectivity index (χ1) is 33.0. The minimum atomic E-state index is -4.60. The van der Waals surface area contributed by atoms with Crippen LogP contribution in [0.4, 0.5) is 0 Å². The Morgan fingerprint density at radius 3 is 1.19 bits per heavy atom. The van der Waals surface area contributed by atoms with Crippen LogP contribution in [0.2, 0.25) is 0 Å². The number of likely N-dealkylation sites (N-methyl/N-ethyl adjacent to an activating group) is 1. The number of allylic oxidation sites excluding steroid dienone is 5. The highest BCUT2D eigenvalue weighted by atomic mass is 31.2. The van der Waals surface area contributed by atoms with Gasteiger partial charge in [0.15, 0.2) is 0 Å². The summed E-state index contributed by atoms with van der Waals surface area (Å²) >= 11 is 0. The minimum Gasteiger partial charge on any atom is -0.756 e. The van der Waals surface area contributed by atoms with Gasteiger partial charge in [-0.3, -0.25) is 9.36 Å². The normalized spacial score (nSPS) is 14.2. The Morgan fingerprint density at radius 1 is 0.500 bits per heavy atom. The smallest absolute Gasteiger partial charge is 0.268 e. The minimum absolute atomic E-state index is 0.00761. The Balaban J connectivity index is 4.02. The maximum absolute atomic E-state index is 12.9. The number of phosphoric acid groups is 1. The van der Waals surface area contributed by atoms with Gasteiger partial charge in [0.1, 0.15) is 13.2 Å². The number of rotatable bonds is 54. The van der Waals surface area contributed by atoms with Crippen LogP contribution in [0.15, 0.2) is 36.5 Å². The molecule has 0 saturated carbocycles. The van der Waals surface area contributed by atoms with Gasteiger partial charge in [0.05, 0.1) is 39.9 Å². The number of carbonyl (C=O) groups is 1. The van der Waals surface area contributed by atoms with E-state index in [0.717, 1.165) is 44.9 Å². The third-order valence-electron chi connectivity index (χ3n) is 13.3. The molecule has 1 amide bonds. The second-order valence-electron chi connectivity index (χ2n) is 21.3. The first-order valence-corrected chi connectivity index (χ1v) is 30.8. The van der Waals surface area contributed by atoms with Crippen molar-refractivity contribution in [3.8, 4) is 0 Å². The molecule has 0 aromatic heterocycles. The van der Waals surface area contributed by atoms with Gasteiger partial charge in [-0.05, 0) is 44.9 Å². The summed E-state index contributed by atoms with van der Waals surface area (Å²) in [4.78, 5) is 25.4. The maximum atomic E-state index is 12.9. The van der Waals surface area contributed by atoms with Gasteiger partial charge in [-0.1, -0.05) is 269 Å². The summed E-state index contributed by atoms with van der Waals surface area (Å²) in [6.45, 7) is 4.62. The fraction of sp³-hybridized carbons (Fsp3) is 0.881. The van der Waals surface area contributed by atoms with Crippen LogP contribution in [0.5, 0.6) is 0 Å². The van der Waals surface area contributed by atoms with E-state index in [-0.39, 0.29) is 12.5 Å². The van der Waals surface area contributed by atoms with E-state index in [1.165, 1.54) is 218 Å². The van der Waals surface area contributed by atoms with E-state index in [1.807, 2.05) is 27.2 Å². The lowest BCUT2D eigenvalue weighted by molar-refractivity contribution is -0.870. The first-order valence-electron chi connectivity index (χ1n) is 29.4. The van der Waals surface area contributed by atoms with Crippen molar-refractivity contribution in [1.29, 1.82) is 0 Å². The van der Waals surface area contributed by atoms with Crippen molar-refractivity contribution in [1.82, 2.24) is 5.32 Å². The number of hydrogen-bond acceptors (Lipinski definition) is 6. The van der Waals surface area contributed by atoms with Gasteiger partial charge in [-0.15, -0.1) is 0 Å². The Morgan fingerprint density at radius 2 is 0.824 bits per heavy atom. The molecule has 0 radical (unpaired) electrons. The summed E-state index contributed by atoms with van der Waals surface area (Å²) in [5.41, 5.74) is 0. The summed E-state index contributed by atoms with van der Waals surface area (Å²) in [7, 11) is 1.24. The molecule has 3 unspecified atom stereocenters. The van der Waals surface area contributed by atoms with Gasteiger partial charge in [0.2, 0.25) is 5.91 Å². The topological polar surface area (TPSA) is 108 Å². The van der Waals surface area contributed by atoms with Gasteiger partial charge in [0, 0.05) is 6.42 Å². The summed E-state index contributed by atoms with van der Waals surface area (Å²) in [6, 6.07) is -0.907. The highest BCUT2D eigenvalue weighted by Crippen LogP contribution is 2.38. The molecule has 3 atom stereocenters. The molecule has 68 heavy (non-hydrogen) atoms. The monoisotopic (exact) mass is 979 g/mol. The molecule has 0 aromatic rings. The van der Waals surface area contributed by atoms with E-state index in [4.69, 9.17) is 9.05 Å². The predicted molar refractivity (Wildman–Crippen MR) is 293 cm³/mol. The van der Waals surface area contributed by atoms with Crippen molar-refractivity contribution in [3.63, 3.8) is 0 Å². The average molecular weight is 980 g/mol. The first kappa shape index (κ1) is 66.7. The van der Waals surface area contributed by atoms with Crippen molar-refractivity contribution < 1.29 is 32.9 Å². The van der Waals surface area contributed by atoms with Gasteiger partial charge >= 0.3 is 0 Å². The third-order valence-corrected chi connectivity index (χ3v) is 14.3. The largest absolute Gasteiger partial charge is 0.756 e. The number of amides is 1. The molecule has 2 N–H and O–H groups in total. The quantitative estimate of drug-likeness (QED) is 0.0272. The maximum Gasteiger partial charge on any atom is 0.268 e. The van der Waals surface area contributed by atoms with Crippen LogP contribution >= 0.6 is 7.82 Å². The molecule has 0 rings (SSSR count). The van der Waals surface area contributed by atoms with Gasteiger partial charge < -0.3 is 28.8 Å². The van der Waals surface area contributed by atoms with E-state index in [2.05, 4.69) is 43.5 Å². The van der Waals surface area contributed by atoms with Crippen molar-refractivity contribution >= 4 is 13.7 Å². The summed E-state index contributed by atoms with van der Waals surface area (Å²) in [6.07, 6.45) is 65.4. The van der Waals surface area contributed by atoms with Crippen LogP contribution < -0.4 is 10.2 Å². The van der Waals surface area contributed by atoms with E-state index < -0.39 is 26.6 Å². The fourth-order valence-corrected chi connectivity index (χ4v) is 9.44. The number of nitrogens with zero attached hydrogens (tertiary/aromatic N) is 1. The molecule has 0 bridgehead atoms. The number of nitrogens with one attached hydrogen (secondary N) is 1. The Labute approximate surface area is 423 Å². The second-order valence-corrected chi connectivity index (χ2v) is 22.8. The molecular weight excluding hydrogens is 864 g/mol. The number of aliphatic hydroxyl groups excluding tert-OH is 1. The van der Waals surface area contributed by atoms with Crippen LogP contribution in [0, 0.1) is 0 Å². The highest BCUT2D eigenvalue weighted by molar-refractivity contribution is 7.45. The van der Waals surface area contributed by atoms with Crippen LogP contribution in [-0.4, -0.2) is 68.5 Å². The SMILES string of the molecule is CCCCCC/C=C/CC/C=C/CC/C=C/C(O)C(COP(=O)([O-])OCC[N+](C)(C)C)NC(=O)CCCCCCCCCCCCCCCCCCCCCCCCCCCCCCCCCC. The third kappa shape index (κ3) is 52.5. The Bertz CT molecular complexity index is 1200. The van der Waals surface area contributed by atoms with E-state index in [1.54, 1.807) is 6.08 Å².